The first-order valence-corrected chi connectivity index (χ1v) is 16.3. The van der Waals surface area contributed by atoms with Crippen molar-refractivity contribution in [1.82, 2.24) is 14.7 Å². The number of benzene rings is 2. The number of carboxylic acid groups (broad SMARTS) is 1. The number of halogens is 2. The van der Waals surface area contributed by atoms with E-state index in [-0.39, 0.29) is 17.6 Å². The summed E-state index contributed by atoms with van der Waals surface area (Å²) in [6, 6.07) is 15.7. The van der Waals surface area contributed by atoms with Gasteiger partial charge in [-0.25, -0.2) is 8.78 Å². The van der Waals surface area contributed by atoms with Gasteiger partial charge in [-0.15, -0.1) is 0 Å². The van der Waals surface area contributed by atoms with Crippen molar-refractivity contribution in [2.45, 2.75) is 84.1 Å². The van der Waals surface area contributed by atoms with E-state index >= 15 is 0 Å². The smallest absolute Gasteiger partial charge is 0.306 e. The standard InChI is InChI=1S/C30H42FN3O2.C6H5F/c1-3-34-29(18-26(32-34)15-22-5-4-20(2)28(31)17-22)24-10-12-33(13-11-24)19-23-8-9-25(14-23)27(30(35)36)16-21-6-7-21;7-6-4-2-1-3-5-6/h4-5,17-18,21,23-25,27H,3,6-16,19H2,1-2H3,(H,35,36);1-5H. The van der Waals surface area contributed by atoms with Crippen LogP contribution in [0.5, 0.6) is 0 Å². The molecular formula is C36H47F2N3O2. The number of rotatable bonds is 10. The van der Waals surface area contributed by atoms with Gasteiger partial charge >= 0.3 is 5.97 Å². The van der Waals surface area contributed by atoms with Crippen LogP contribution >= 0.6 is 0 Å². The van der Waals surface area contributed by atoms with Gasteiger partial charge in [0.15, 0.2) is 0 Å². The Bertz CT molecular complexity index is 1330. The highest BCUT2D eigenvalue weighted by molar-refractivity contribution is 5.70. The van der Waals surface area contributed by atoms with Gasteiger partial charge in [-0.05, 0) is 119 Å². The van der Waals surface area contributed by atoms with Gasteiger partial charge in [0, 0.05) is 31.1 Å². The first-order chi connectivity index (χ1) is 20.8. The Hall–Kier alpha value is -3.06. The van der Waals surface area contributed by atoms with Crippen molar-refractivity contribution in [3.8, 4) is 0 Å². The predicted molar refractivity (Wildman–Crippen MR) is 166 cm³/mol. The molecule has 43 heavy (non-hydrogen) atoms. The van der Waals surface area contributed by atoms with Gasteiger partial charge in [-0.3, -0.25) is 9.48 Å². The van der Waals surface area contributed by atoms with E-state index in [0.29, 0.717) is 35.7 Å². The zero-order valence-electron chi connectivity index (χ0n) is 25.7. The summed E-state index contributed by atoms with van der Waals surface area (Å²) in [7, 11) is 0. The molecule has 0 spiro atoms. The number of aryl methyl sites for hydroxylation is 2. The fraction of sp³-hybridized carbons (Fsp3) is 0.556. The molecule has 6 rings (SSSR count). The quantitative estimate of drug-likeness (QED) is 0.261. The van der Waals surface area contributed by atoms with E-state index in [1.165, 1.54) is 37.1 Å². The molecule has 3 unspecified atom stereocenters. The Balaban J connectivity index is 0.000000463. The van der Waals surface area contributed by atoms with Crippen molar-refractivity contribution < 1.29 is 18.7 Å². The van der Waals surface area contributed by atoms with E-state index in [4.69, 9.17) is 5.10 Å². The number of carboxylic acids is 1. The Labute approximate surface area is 255 Å². The molecular weight excluding hydrogens is 544 g/mol. The third kappa shape index (κ3) is 8.75. The second-order valence-corrected chi connectivity index (χ2v) is 13.1. The van der Waals surface area contributed by atoms with Gasteiger partial charge in [0.2, 0.25) is 0 Å². The lowest BCUT2D eigenvalue weighted by molar-refractivity contribution is -0.144. The maximum Gasteiger partial charge on any atom is 0.306 e. The molecule has 3 atom stereocenters. The van der Waals surface area contributed by atoms with Crippen molar-refractivity contribution in [3.63, 3.8) is 0 Å². The minimum Gasteiger partial charge on any atom is -0.481 e. The molecule has 3 aliphatic rings. The van der Waals surface area contributed by atoms with Gasteiger partial charge in [0.25, 0.3) is 0 Å². The van der Waals surface area contributed by atoms with Crippen LogP contribution in [0.3, 0.4) is 0 Å². The van der Waals surface area contributed by atoms with Crippen LogP contribution in [-0.2, 0) is 17.8 Å². The van der Waals surface area contributed by atoms with Crippen LogP contribution in [-0.4, -0.2) is 45.4 Å². The van der Waals surface area contributed by atoms with Crippen LogP contribution in [0.15, 0.2) is 54.6 Å². The normalized spacial score (nSPS) is 21.8. The minimum atomic E-state index is -0.562. The molecule has 5 nitrogen and oxygen atoms in total. The summed E-state index contributed by atoms with van der Waals surface area (Å²) in [6.45, 7) is 8.12. The molecule has 1 aliphatic heterocycles. The number of carbonyl (C=O) groups is 1. The maximum absolute atomic E-state index is 14.0. The monoisotopic (exact) mass is 591 g/mol. The predicted octanol–water partition coefficient (Wildman–Crippen LogP) is 7.86. The van der Waals surface area contributed by atoms with Crippen LogP contribution in [0.4, 0.5) is 8.78 Å². The minimum absolute atomic E-state index is 0.117. The van der Waals surface area contributed by atoms with Gasteiger partial charge < -0.3 is 10.0 Å². The molecule has 2 saturated carbocycles. The second kappa shape index (κ2) is 14.6. The zero-order valence-corrected chi connectivity index (χ0v) is 25.7. The highest BCUT2D eigenvalue weighted by atomic mass is 19.1. The van der Waals surface area contributed by atoms with Crippen molar-refractivity contribution >= 4 is 5.97 Å². The van der Waals surface area contributed by atoms with Gasteiger partial charge in [-0.1, -0.05) is 43.2 Å². The van der Waals surface area contributed by atoms with E-state index in [9.17, 15) is 18.7 Å². The van der Waals surface area contributed by atoms with Crippen molar-refractivity contribution in [2.75, 3.05) is 19.6 Å². The molecule has 2 heterocycles. The number of aromatic nitrogens is 2. The summed E-state index contributed by atoms with van der Waals surface area (Å²) in [6.07, 6.45) is 9.68. The van der Waals surface area contributed by atoms with E-state index in [1.807, 2.05) is 12.1 Å². The lowest BCUT2D eigenvalue weighted by Gasteiger charge is -2.33. The average Bonchev–Trinajstić information content (AvgIpc) is 3.56. The van der Waals surface area contributed by atoms with Crippen LogP contribution in [0.25, 0.3) is 0 Å². The largest absolute Gasteiger partial charge is 0.481 e. The zero-order chi connectivity index (χ0) is 30.3. The first-order valence-electron chi connectivity index (χ1n) is 16.3. The highest BCUT2D eigenvalue weighted by Crippen LogP contribution is 2.44. The van der Waals surface area contributed by atoms with Gasteiger partial charge in [0.1, 0.15) is 11.6 Å². The molecule has 0 bridgehead atoms. The maximum atomic E-state index is 14.0. The first kappa shape index (κ1) is 31.4. The number of nitrogens with zero attached hydrogens (tertiary/aromatic N) is 3. The number of hydrogen-bond acceptors (Lipinski definition) is 3. The summed E-state index contributed by atoms with van der Waals surface area (Å²) in [5.74, 6) is 1.22. The lowest BCUT2D eigenvalue weighted by Crippen LogP contribution is -2.36. The molecule has 7 heteroatoms. The van der Waals surface area contributed by atoms with Crippen LogP contribution in [0, 0.1) is 42.2 Å². The molecule has 1 saturated heterocycles. The van der Waals surface area contributed by atoms with Crippen molar-refractivity contribution in [1.29, 1.82) is 0 Å². The summed E-state index contributed by atoms with van der Waals surface area (Å²) < 4.78 is 28.1. The van der Waals surface area contributed by atoms with E-state index in [2.05, 4.69) is 22.6 Å². The number of aliphatic carboxylic acids is 1. The summed E-state index contributed by atoms with van der Waals surface area (Å²) in [5, 5.41) is 14.6. The molecule has 2 aromatic carbocycles. The summed E-state index contributed by atoms with van der Waals surface area (Å²) >= 11 is 0. The molecule has 0 radical (unpaired) electrons. The number of piperidine rings is 1. The molecule has 232 valence electrons. The van der Waals surface area contributed by atoms with E-state index in [1.54, 1.807) is 31.2 Å². The van der Waals surface area contributed by atoms with Crippen LogP contribution in [0.2, 0.25) is 0 Å². The Kier molecular flexibility index (Phi) is 10.7. The van der Waals surface area contributed by atoms with Crippen LogP contribution in [0.1, 0.15) is 86.7 Å². The molecule has 3 aromatic rings. The average molecular weight is 592 g/mol. The number of hydrogen-bond donors (Lipinski definition) is 1. The number of likely N-dealkylation sites (tertiary alicyclic amines) is 1. The Morgan fingerprint density at radius 2 is 1.70 bits per heavy atom. The SMILES string of the molecule is CCn1nc(Cc2ccc(C)c(F)c2)cc1C1CCN(CC2CCC(C(CC3CC3)C(=O)O)C2)CC1.Fc1ccccc1. The Morgan fingerprint density at radius 3 is 2.30 bits per heavy atom. The molecule has 0 amide bonds. The summed E-state index contributed by atoms with van der Waals surface area (Å²) in [5.41, 5.74) is 3.99. The van der Waals surface area contributed by atoms with Gasteiger partial charge in [-0.2, -0.15) is 5.10 Å². The lowest BCUT2D eigenvalue weighted by atomic mass is 9.85. The molecule has 1 N–H and O–H groups in total. The fourth-order valence-electron chi connectivity index (χ4n) is 7.15. The third-order valence-electron chi connectivity index (χ3n) is 9.79. The van der Waals surface area contributed by atoms with Gasteiger partial charge in [0.05, 0.1) is 11.6 Å². The van der Waals surface area contributed by atoms with Crippen molar-refractivity contribution in [2.24, 2.45) is 23.7 Å². The third-order valence-corrected chi connectivity index (χ3v) is 9.79. The van der Waals surface area contributed by atoms with E-state index in [0.717, 1.165) is 69.5 Å². The summed E-state index contributed by atoms with van der Waals surface area (Å²) in [4.78, 5) is 14.5. The molecule has 3 fully saturated rings. The van der Waals surface area contributed by atoms with E-state index < -0.39 is 5.97 Å². The van der Waals surface area contributed by atoms with Crippen LogP contribution < -0.4 is 0 Å². The Morgan fingerprint density at radius 1 is 0.977 bits per heavy atom. The molecule has 2 aliphatic carbocycles. The topological polar surface area (TPSA) is 58.4 Å². The second-order valence-electron chi connectivity index (χ2n) is 13.1. The highest BCUT2D eigenvalue weighted by Gasteiger charge is 2.39. The van der Waals surface area contributed by atoms with Crippen molar-refractivity contribution in [3.05, 3.63) is 88.7 Å². The fourth-order valence-corrected chi connectivity index (χ4v) is 7.15. The molecule has 1 aromatic heterocycles.